The molecule has 0 saturated heterocycles. The number of nitrogens with zero attached hydrogens (tertiary/aromatic N) is 1. The van der Waals surface area contributed by atoms with E-state index >= 15 is 0 Å². The lowest BCUT2D eigenvalue weighted by Crippen LogP contribution is -2.26. The molecule has 0 amide bonds. The van der Waals surface area contributed by atoms with E-state index in [1.54, 1.807) is 0 Å². The van der Waals surface area contributed by atoms with Crippen molar-refractivity contribution in [2.45, 2.75) is 0 Å². The van der Waals surface area contributed by atoms with E-state index in [4.69, 9.17) is 22.6 Å². The first kappa shape index (κ1) is 22.9. The van der Waals surface area contributed by atoms with E-state index in [2.05, 4.69) is 9.72 Å². The molecule has 7 nitrogen and oxygen atoms in total. The second-order valence-corrected chi connectivity index (χ2v) is 12.2. The SMILES string of the molecule is c1ccc(OP2N=P(Oc3ccccc3)(Oc3ccccc3)NP(Oc3ccccc3)N2)cc1. The van der Waals surface area contributed by atoms with Crippen molar-refractivity contribution >= 4 is 24.6 Å². The molecule has 4 aromatic rings. The van der Waals surface area contributed by atoms with Crippen molar-refractivity contribution in [1.82, 2.24) is 9.72 Å². The molecule has 0 radical (unpaired) electrons. The second kappa shape index (κ2) is 11.0. The van der Waals surface area contributed by atoms with Crippen molar-refractivity contribution in [3.63, 3.8) is 0 Å². The van der Waals surface area contributed by atoms with Crippen LogP contribution >= 0.6 is 24.6 Å². The van der Waals surface area contributed by atoms with Crippen LogP contribution in [0, 0.1) is 0 Å². The highest BCUT2D eigenvalue weighted by Crippen LogP contribution is 2.65. The minimum Gasteiger partial charge on any atom is -0.444 e. The van der Waals surface area contributed by atoms with Crippen LogP contribution in [0.3, 0.4) is 0 Å². The molecule has 10 heteroatoms. The van der Waals surface area contributed by atoms with E-state index in [1.165, 1.54) is 0 Å². The van der Waals surface area contributed by atoms with Crippen LogP contribution in [0.15, 0.2) is 126 Å². The molecule has 172 valence electrons. The Labute approximate surface area is 201 Å². The van der Waals surface area contributed by atoms with Gasteiger partial charge < -0.3 is 18.1 Å². The van der Waals surface area contributed by atoms with Gasteiger partial charge in [0.2, 0.25) is 0 Å². The third-order valence-electron chi connectivity index (χ3n) is 4.41. The van der Waals surface area contributed by atoms with Crippen molar-refractivity contribution in [1.29, 1.82) is 0 Å². The maximum Gasteiger partial charge on any atom is 0.409 e. The molecule has 2 N–H and O–H groups in total. The predicted octanol–water partition coefficient (Wildman–Crippen LogP) is 7.90. The van der Waals surface area contributed by atoms with Gasteiger partial charge >= 0.3 is 16.1 Å². The van der Waals surface area contributed by atoms with E-state index in [1.807, 2.05) is 121 Å². The summed E-state index contributed by atoms with van der Waals surface area (Å²) in [7, 11) is -6.10. The number of para-hydroxylation sites is 4. The highest BCUT2D eigenvalue weighted by Gasteiger charge is 2.40. The Morgan fingerprint density at radius 1 is 0.529 bits per heavy atom. The van der Waals surface area contributed by atoms with Gasteiger partial charge in [0.25, 0.3) is 8.45 Å². The van der Waals surface area contributed by atoms with E-state index in [0.717, 1.165) is 0 Å². The van der Waals surface area contributed by atoms with E-state index in [0.29, 0.717) is 23.0 Å². The molecule has 2 unspecified atom stereocenters. The Morgan fingerprint density at radius 2 is 0.941 bits per heavy atom. The molecule has 1 aliphatic rings. The summed E-state index contributed by atoms with van der Waals surface area (Å²) < 4.78 is 30.2. The Bertz CT molecular complexity index is 1190. The molecular formula is C24H22N3O4P3. The van der Waals surface area contributed by atoms with E-state index in [9.17, 15) is 0 Å². The van der Waals surface area contributed by atoms with Crippen LogP contribution in [0.2, 0.25) is 0 Å². The summed E-state index contributed by atoms with van der Waals surface area (Å²) >= 11 is 0. The lowest BCUT2D eigenvalue weighted by atomic mass is 10.3. The molecule has 34 heavy (non-hydrogen) atoms. The normalized spacial score (nSPS) is 18.8. The van der Waals surface area contributed by atoms with Crippen LogP contribution < -0.4 is 27.8 Å². The number of hydrogen-bond acceptors (Lipinski definition) is 7. The Kier molecular flexibility index (Phi) is 7.40. The van der Waals surface area contributed by atoms with Gasteiger partial charge in [0, 0.05) is 0 Å². The van der Waals surface area contributed by atoms with E-state index in [-0.39, 0.29) is 0 Å². The van der Waals surface area contributed by atoms with Crippen LogP contribution in [0.4, 0.5) is 0 Å². The Hall–Kier alpha value is -2.91. The molecule has 0 bridgehead atoms. The molecular weight excluding hydrogens is 487 g/mol. The van der Waals surface area contributed by atoms with Crippen LogP contribution in [0.5, 0.6) is 23.0 Å². The first-order chi connectivity index (χ1) is 16.8. The fourth-order valence-electron chi connectivity index (χ4n) is 2.95. The number of nitrogens with one attached hydrogen (secondary N) is 2. The molecule has 4 aromatic carbocycles. The van der Waals surface area contributed by atoms with Crippen LogP contribution in [0.1, 0.15) is 0 Å². The molecule has 1 aliphatic heterocycles. The molecule has 0 fully saturated rings. The zero-order valence-corrected chi connectivity index (χ0v) is 20.7. The zero-order chi connectivity index (χ0) is 23.1. The smallest absolute Gasteiger partial charge is 0.409 e. The molecule has 2 atom stereocenters. The van der Waals surface area contributed by atoms with Crippen LogP contribution in [-0.2, 0) is 0 Å². The minimum absolute atomic E-state index is 0.634. The Balaban J connectivity index is 1.52. The summed E-state index contributed by atoms with van der Waals surface area (Å²) in [5.41, 5.74) is 0. The zero-order valence-electron chi connectivity index (χ0n) is 18.0. The van der Waals surface area contributed by atoms with Gasteiger partial charge in [-0.2, -0.15) is 4.86 Å². The van der Waals surface area contributed by atoms with Gasteiger partial charge in [-0.1, -0.05) is 72.8 Å². The lowest BCUT2D eigenvalue weighted by molar-refractivity contribution is 0.465. The topological polar surface area (TPSA) is 73.3 Å². The summed E-state index contributed by atoms with van der Waals surface area (Å²) in [5, 5.41) is 0. The van der Waals surface area contributed by atoms with Gasteiger partial charge in [-0.3, -0.25) is 0 Å². The van der Waals surface area contributed by atoms with Crippen LogP contribution in [0.25, 0.3) is 0 Å². The maximum atomic E-state index is 6.43. The maximum absolute atomic E-state index is 6.43. The average molecular weight is 509 g/mol. The van der Waals surface area contributed by atoms with Gasteiger partial charge in [-0.15, -0.1) is 9.37 Å². The van der Waals surface area contributed by atoms with Gasteiger partial charge in [0.15, 0.2) is 0 Å². The number of benzene rings is 4. The highest BCUT2D eigenvalue weighted by molar-refractivity contribution is 7.79. The van der Waals surface area contributed by atoms with Crippen molar-refractivity contribution in [2.24, 2.45) is 4.52 Å². The van der Waals surface area contributed by atoms with Crippen molar-refractivity contribution in [2.75, 3.05) is 0 Å². The van der Waals surface area contributed by atoms with Gasteiger partial charge in [-0.25, -0.2) is 0 Å². The standard InChI is InChI=1S/C24H22N3O4P3/c1-5-13-21(14-6-1)28-32-25-33(29-22-15-7-2-8-16-22)27-34(26-32,30-23-17-9-3-10-18-23)31-24-19-11-4-12-20-24/h1-20,25-26H. The van der Waals surface area contributed by atoms with Crippen molar-refractivity contribution in [3.8, 4) is 23.0 Å². The van der Waals surface area contributed by atoms with Gasteiger partial charge in [0.05, 0.1) is 0 Å². The number of hydrogen-bond donors (Lipinski definition) is 2. The fourth-order valence-corrected chi connectivity index (χ4v) is 9.73. The summed E-state index contributed by atoms with van der Waals surface area (Å²) in [4.78, 5) is 6.75. The third-order valence-corrected chi connectivity index (χ3v) is 10.8. The average Bonchev–Trinajstić information content (AvgIpc) is 2.86. The summed E-state index contributed by atoms with van der Waals surface area (Å²) in [5.74, 6) is 2.67. The molecule has 0 spiro atoms. The van der Waals surface area contributed by atoms with Gasteiger partial charge in [0.1, 0.15) is 23.0 Å². The first-order valence-corrected chi connectivity index (χ1v) is 14.5. The molecule has 0 aromatic heterocycles. The second-order valence-electron chi connectivity index (χ2n) is 6.99. The van der Waals surface area contributed by atoms with Crippen molar-refractivity contribution in [3.05, 3.63) is 121 Å². The van der Waals surface area contributed by atoms with Gasteiger partial charge in [-0.05, 0) is 48.5 Å². The summed E-state index contributed by atoms with van der Waals surface area (Å²) in [6.07, 6.45) is 0. The molecule has 0 aliphatic carbocycles. The quantitative estimate of drug-likeness (QED) is 0.235. The van der Waals surface area contributed by atoms with Crippen molar-refractivity contribution < 1.29 is 18.1 Å². The predicted molar refractivity (Wildman–Crippen MR) is 138 cm³/mol. The molecule has 0 saturated carbocycles. The monoisotopic (exact) mass is 509 g/mol. The Morgan fingerprint density at radius 3 is 1.41 bits per heavy atom. The summed E-state index contributed by atoms with van der Waals surface area (Å²) in [6.45, 7) is 0. The third kappa shape index (κ3) is 6.15. The largest absolute Gasteiger partial charge is 0.444 e. The number of rotatable bonds is 8. The highest BCUT2D eigenvalue weighted by atomic mass is 31.3. The fraction of sp³-hybridized carbons (Fsp3) is 0. The summed E-state index contributed by atoms with van der Waals surface area (Å²) in [6, 6.07) is 38.1. The molecule has 5 rings (SSSR count). The van der Waals surface area contributed by atoms with E-state index < -0.39 is 24.6 Å². The first-order valence-electron chi connectivity index (χ1n) is 10.5. The minimum atomic E-state index is -3.10. The molecule has 1 heterocycles. The lowest BCUT2D eigenvalue weighted by Gasteiger charge is -2.34. The van der Waals surface area contributed by atoms with Crippen LogP contribution in [-0.4, -0.2) is 0 Å².